The van der Waals surface area contributed by atoms with Gasteiger partial charge in [0.1, 0.15) is 18.1 Å². The van der Waals surface area contributed by atoms with E-state index in [2.05, 4.69) is 4.90 Å². The standard InChI is InChI=1S/C25H33Cl2NO2.ClH/c26-24-14-9-21(19-25(24)27)20-30-23-12-10-22(11-13-23)29-18-8-3-1-2-5-15-28-16-6-4-7-17-28;/h9-14,19H,1-8,15-18,20H2;1H. The molecule has 0 radical (unpaired) electrons. The molecule has 1 heterocycles. The van der Waals surface area contributed by atoms with Crippen LogP contribution in [0.5, 0.6) is 11.5 Å². The molecule has 0 aromatic heterocycles. The van der Waals surface area contributed by atoms with Crippen molar-refractivity contribution in [3.63, 3.8) is 0 Å². The molecule has 1 saturated heterocycles. The third-order valence-corrected chi connectivity index (χ3v) is 6.29. The fourth-order valence-corrected chi connectivity index (χ4v) is 4.09. The van der Waals surface area contributed by atoms with Gasteiger partial charge in [-0.25, -0.2) is 0 Å². The van der Waals surface area contributed by atoms with Gasteiger partial charge in [0.05, 0.1) is 16.7 Å². The van der Waals surface area contributed by atoms with E-state index in [0.717, 1.165) is 30.1 Å². The predicted molar refractivity (Wildman–Crippen MR) is 133 cm³/mol. The number of benzene rings is 2. The molecule has 6 heteroatoms. The van der Waals surface area contributed by atoms with E-state index in [9.17, 15) is 0 Å². The Morgan fingerprint density at radius 3 is 2.06 bits per heavy atom. The topological polar surface area (TPSA) is 21.7 Å². The number of hydrogen-bond acceptors (Lipinski definition) is 3. The van der Waals surface area contributed by atoms with Crippen molar-refractivity contribution in [1.29, 1.82) is 0 Å². The van der Waals surface area contributed by atoms with E-state index in [-0.39, 0.29) is 12.4 Å². The lowest BCUT2D eigenvalue weighted by atomic mass is 10.1. The molecule has 0 unspecified atom stereocenters. The second-order valence-corrected chi connectivity index (χ2v) is 8.84. The van der Waals surface area contributed by atoms with Crippen molar-refractivity contribution in [3.05, 3.63) is 58.1 Å². The second kappa shape index (κ2) is 14.8. The van der Waals surface area contributed by atoms with Gasteiger partial charge in [0.15, 0.2) is 0 Å². The number of hydrogen-bond donors (Lipinski definition) is 0. The average molecular weight is 487 g/mol. The Hall–Kier alpha value is -1.13. The number of halogens is 3. The monoisotopic (exact) mass is 485 g/mol. The maximum absolute atomic E-state index is 6.04. The largest absolute Gasteiger partial charge is 0.494 e. The molecule has 0 saturated carbocycles. The maximum atomic E-state index is 6.04. The summed E-state index contributed by atoms with van der Waals surface area (Å²) >= 11 is 12.0. The van der Waals surface area contributed by atoms with Gasteiger partial charge in [0.2, 0.25) is 0 Å². The molecule has 0 amide bonds. The van der Waals surface area contributed by atoms with Crippen molar-refractivity contribution in [2.45, 2.75) is 58.0 Å². The quantitative estimate of drug-likeness (QED) is 0.285. The number of nitrogens with zero attached hydrogens (tertiary/aromatic N) is 1. The summed E-state index contributed by atoms with van der Waals surface area (Å²) in [5.41, 5.74) is 0.987. The summed E-state index contributed by atoms with van der Waals surface area (Å²) in [4.78, 5) is 2.63. The molecule has 0 N–H and O–H groups in total. The van der Waals surface area contributed by atoms with Crippen LogP contribution in [0.2, 0.25) is 10.0 Å². The Labute approximate surface area is 203 Å². The van der Waals surface area contributed by atoms with Crippen LogP contribution in [0.25, 0.3) is 0 Å². The normalized spacial score (nSPS) is 14.1. The highest BCUT2D eigenvalue weighted by molar-refractivity contribution is 6.42. The average Bonchev–Trinajstić information content (AvgIpc) is 2.78. The molecule has 1 aliphatic heterocycles. The van der Waals surface area contributed by atoms with E-state index in [1.54, 1.807) is 6.07 Å². The van der Waals surface area contributed by atoms with Crippen molar-refractivity contribution in [2.24, 2.45) is 0 Å². The molecule has 0 bridgehead atoms. The van der Waals surface area contributed by atoms with Crippen molar-refractivity contribution in [1.82, 2.24) is 4.90 Å². The minimum atomic E-state index is 0. The van der Waals surface area contributed by atoms with Crippen molar-refractivity contribution >= 4 is 35.6 Å². The first-order valence-electron chi connectivity index (χ1n) is 11.2. The van der Waals surface area contributed by atoms with Crippen LogP contribution in [-0.4, -0.2) is 31.1 Å². The lowest BCUT2D eigenvalue weighted by Gasteiger charge is -2.26. The first-order valence-corrected chi connectivity index (χ1v) is 12.0. The van der Waals surface area contributed by atoms with E-state index in [0.29, 0.717) is 16.7 Å². The van der Waals surface area contributed by atoms with E-state index in [1.165, 1.54) is 64.6 Å². The van der Waals surface area contributed by atoms with Gasteiger partial charge in [-0.05, 0) is 87.3 Å². The Morgan fingerprint density at radius 1 is 0.710 bits per heavy atom. The van der Waals surface area contributed by atoms with Gasteiger partial charge in [0, 0.05) is 0 Å². The number of likely N-dealkylation sites (tertiary alicyclic amines) is 1. The van der Waals surface area contributed by atoms with E-state index < -0.39 is 0 Å². The summed E-state index contributed by atoms with van der Waals surface area (Å²) in [6.07, 6.45) is 10.5. The van der Waals surface area contributed by atoms with Gasteiger partial charge in [-0.3, -0.25) is 0 Å². The van der Waals surface area contributed by atoms with Crippen LogP contribution < -0.4 is 9.47 Å². The summed E-state index contributed by atoms with van der Waals surface area (Å²) in [5.74, 6) is 1.70. The van der Waals surface area contributed by atoms with E-state index in [4.69, 9.17) is 32.7 Å². The van der Waals surface area contributed by atoms with Crippen LogP contribution in [0.15, 0.2) is 42.5 Å². The number of rotatable bonds is 12. The zero-order valence-corrected chi connectivity index (χ0v) is 20.5. The van der Waals surface area contributed by atoms with Crippen molar-refractivity contribution in [3.8, 4) is 11.5 Å². The highest BCUT2D eigenvalue weighted by atomic mass is 35.5. The zero-order chi connectivity index (χ0) is 21.0. The van der Waals surface area contributed by atoms with Gasteiger partial charge in [-0.2, -0.15) is 0 Å². The zero-order valence-electron chi connectivity index (χ0n) is 18.2. The van der Waals surface area contributed by atoms with E-state index >= 15 is 0 Å². The molecule has 172 valence electrons. The fourth-order valence-electron chi connectivity index (χ4n) is 3.77. The summed E-state index contributed by atoms with van der Waals surface area (Å²) < 4.78 is 11.7. The summed E-state index contributed by atoms with van der Waals surface area (Å²) in [6, 6.07) is 13.3. The molecule has 3 rings (SSSR count). The molecular weight excluding hydrogens is 453 g/mol. The lowest BCUT2D eigenvalue weighted by Crippen LogP contribution is -2.30. The fraction of sp³-hybridized carbons (Fsp3) is 0.520. The van der Waals surface area contributed by atoms with Gasteiger partial charge >= 0.3 is 0 Å². The lowest BCUT2D eigenvalue weighted by molar-refractivity contribution is 0.223. The molecule has 1 aliphatic rings. The number of unbranched alkanes of at least 4 members (excludes halogenated alkanes) is 4. The van der Waals surface area contributed by atoms with Gasteiger partial charge in [-0.1, -0.05) is 55.0 Å². The second-order valence-electron chi connectivity index (χ2n) is 8.03. The molecule has 1 fully saturated rings. The minimum absolute atomic E-state index is 0. The number of ether oxygens (including phenoxy) is 2. The SMILES string of the molecule is Cl.Clc1ccc(COc2ccc(OCCCCCCCN3CCCCC3)cc2)cc1Cl. The van der Waals surface area contributed by atoms with Crippen LogP contribution in [0.1, 0.15) is 56.9 Å². The summed E-state index contributed by atoms with van der Waals surface area (Å²) in [6.45, 7) is 5.14. The van der Waals surface area contributed by atoms with Crippen LogP contribution in [0.4, 0.5) is 0 Å². The molecule has 2 aromatic carbocycles. The highest BCUT2D eigenvalue weighted by Crippen LogP contribution is 2.24. The Bertz CT molecular complexity index is 749. The summed E-state index contributed by atoms with van der Waals surface area (Å²) in [7, 11) is 0. The maximum Gasteiger partial charge on any atom is 0.120 e. The minimum Gasteiger partial charge on any atom is -0.494 e. The molecule has 31 heavy (non-hydrogen) atoms. The van der Waals surface area contributed by atoms with Crippen LogP contribution in [0, 0.1) is 0 Å². The van der Waals surface area contributed by atoms with Crippen molar-refractivity contribution in [2.75, 3.05) is 26.2 Å². The van der Waals surface area contributed by atoms with Crippen molar-refractivity contribution < 1.29 is 9.47 Å². The smallest absolute Gasteiger partial charge is 0.120 e. The van der Waals surface area contributed by atoms with Gasteiger partial charge in [0.25, 0.3) is 0 Å². The van der Waals surface area contributed by atoms with E-state index in [1.807, 2.05) is 36.4 Å². The van der Waals surface area contributed by atoms with Crippen LogP contribution >= 0.6 is 35.6 Å². The van der Waals surface area contributed by atoms with Crippen LogP contribution in [0.3, 0.4) is 0 Å². The summed E-state index contributed by atoms with van der Waals surface area (Å²) in [5, 5.41) is 1.10. The molecule has 2 aromatic rings. The van der Waals surface area contributed by atoms with Crippen LogP contribution in [-0.2, 0) is 6.61 Å². The third kappa shape index (κ3) is 9.91. The molecule has 0 atom stereocenters. The Kier molecular flexibility index (Phi) is 12.5. The van der Waals surface area contributed by atoms with Gasteiger partial charge in [-0.15, -0.1) is 12.4 Å². The third-order valence-electron chi connectivity index (χ3n) is 5.55. The predicted octanol–water partition coefficient (Wildman–Crippen LogP) is 7.81. The Morgan fingerprint density at radius 2 is 1.35 bits per heavy atom. The molecule has 0 spiro atoms. The number of piperidine rings is 1. The Balaban J connectivity index is 0.00000341. The highest BCUT2D eigenvalue weighted by Gasteiger charge is 2.08. The first-order chi connectivity index (χ1) is 14.7. The van der Waals surface area contributed by atoms with Gasteiger partial charge < -0.3 is 14.4 Å². The molecule has 3 nitrogen and oxygen atoms in total. The molecular formula is C25H34Cl3NO2. The first kappa shape index (κ1) is 26.1. The molecule has 0 aliphatic carbocycles.